The van der Waals surface area contributed by atoms with Crippen LogP contribution in [0.3, 0.4) is 0 Å². The fourth-order valence-corrected chi connectivity index (χ4v) is 1.84. The molecular weight excluding hydrogens is 292 g/mol. The molecule has 0 amide bonds. The normalized spacial score (nSPS) is 11.5. The predicted octanol–water partition coefficient (Wildman–Crippen LogP) is 4.59. The summed E-state index contributed by atoms with van der Waals surface area (Å²) in [6.07, 6.45) is 14.7. The van der Waals surface area contributed by atoms with Crippen molar-refractivity contribution >= 4 is 11.9 Å². The zero-order valence-electron chi connectivity index (χ0n) is 14.9. The molecule has 0 fully saturated rings. The fraction of sp³-hybridized carbons (Fsp3) is 0.684. The molecule has 0 N–H and O–H groups in total. The number of allylic oxidation sites excluding steroid dienone is 1. The Hall–Kier alpha value is -1.58. The molecule has 0 saturated heterocycles. The lowest BCUT2D eigenvalue weighted by Crippen LogP contribution is -2.08. The molecule has 23 heavy (non-hydrogen) atoms. The molecule has 0 bridgehead atoms. The van der Waals surface area contributed by atoms with Gasteiger partial charge >= 0.3 is 11.9 Å². The van der Waals surface area contributed by atoms with Gasteiger partial charge in [-0.1, -0.05) is 65.0 Å². The van der Waals surface area contributed by atoms with Crippen LogP contribution in [0.15, 0.2) is 24.3 Å². The molecule has 0 spiro atoms. The average molecular weight is 324 g/mol. The second kappa shape index (κ2) is 15.3. The SMILES string of the molecule is CCCCCCCC/C=C/COC(=O)/C=C/C(=O)OCC(C)C. The van der Waals surface area contributed by atoms with E-state index in [4.69, 9.17) is 9.47 Å². The molecule has 0 aromatic rings. The molecule has 0 unspecified atom stereocenters. The molecule has 0 aliphatic carbocycles. The van der Waals surface area contributed by atoms with Gasteiger partial charge in [0.25, 0.3) is 0 Å². The second-order valence-electron chi connectivity index (χ2n) is 6.02. The maximum absolute atomic E-state index is 11.4. The van der Waals surface area contributed by atoms with Crippen molar-refractivity contribution in [2.75, 3.05) is 13.2 Å². The summed E-state index contributed by atoms with van der Waals surface area (Å²) in [6.45, 7) is 6.69. The summed E-state index contributed by atoms with van der Waals surface area (Å²) in [4.78, 5) is 22.6. The molecule has 0 aliphatic rings. The van der Waals surface area contributed by atoms with Crippen LogP contribution in [0, 0.1) is 5.92 Å². The van der Waals surface area contributed by atoms with Gasteiger partial charge in [-0.25, -0.2) is 9.59 Å². The summed E-state index contributed by atoms with van der Waals surface area (Å²) in [6, 6.07) is 0. The minimum Gasteiger partial charge on any atom is -0.462 e. The molecule has 0 rings (SSSR count). The first kappa shape index (κ1) is 21.4. The van der Waals surface area contributed by atoms with Crippen molar-refractivity contribution in [1.82, 2.24) is 0 Å². The third kappa shape index (κ3) is 16.6. The van der Waals surface area contributed by atoms with Crippen molar-refractivity contribution < 1.29 is 19.1 Å². The van der Waals surface area contributed by atoms with Gasteiger partial charge in [-0.15, -0.1) is 0 Å². The first-order chi connectivity index (χ1) is 11.1. The van der Waals surface area contributed by atoms with Crippen LogP contribution in [0.25, 0.3) is 0 Å². The number of hydrogen-bond acceptors (Lipinski definition) is 4. The van der Waals surface area contributed by atoms with Gasteiger partial charge in [-0.05, 0) is 18.8 Å². The molecule has 0 aliphatic heterocycles. The summed E-state index contributed by atoms with van der Waals surface area (Å²) in [7, 11) is 0. The highest BCUT2D eigenvalue weighted by Crippen LogP contribution is 2.07. The van der Waals surface area contributed by atoms with Crippen LogP contribution in [-0.2, 0) is 19.1 Å². The zero-order chi connectivity index (χ0) is 17.3. The van der Waals surface area contributed by atoms with Gasteiger partial charge in [0, 0.05) is 12.2 Å². The second-order valence-corrected chi connectivity index (χ2v) is 6.02. The zero-order valence-corrected chi connectivity index (χ0v) is 14.9. The molecule has 132 valence electrons. The largest absolute Gasteiger partial charge is 0.462 e. The van der Waals surface area contributed by atoms with Gasteiger partial charge in [0.2, 0.25) is 0 Å². The van der Waals surface area contributed by atoms with E-state index in [1.165, 1.54) is 38.5 Å². The highest BCUT2D eigenvalue weighted by molar-refractivity contribution is 5.91. The summed E-state index contributed by atoms with van der Waals surface area (Å²) in [5.74, 6) is -0.777. The molecular formula is C19H32O4. The van der Waals surface area contributed by atoms with Crippen molar-refractivity contribution in [1.29, 1.82) is 0 Å². The third-order valence-corrected chi connectivity index (χ3v) is 3.13. The van der Waals surface area contributed by atoms with Crippen LogP contribution in [0.5, 0.6) is 0 Å². The monoisotopic (exact) mass is 324 g/mol. The first-order valence-electron chi connectivity index (χ1n) is 8.72. The Morgan fingerprint density at radius 1 is 0.870 bits per heavy atom. The Bertz CT molecular complexity index is 370. The fourth-order valence-electron chi connectivity index (χ4n) is 1.84. The summed E-state index contributed by atoms with van der Waals surface area (Å²) >= 11 is 0. The number of unbranched alkanes of at least 4 members (excludes halogenated alkanes) is 6. The maximum atomic E-state index is 11.4. The predicted molar refractivity (Wildman–Crippen MR) is 93.0 cm³/mol. The van der Waals surface area contributed by atoms with E-state index in [1.54, 1.807) is 0 Å². The lowest BCUT2D eigenvalue weighted by atomic mass is 10.1. The number of carbonyl (C=O) groups is 2. The molecule has 0 aromatic carbocycles. The van der Waals surface area contributed by atoms with Crippen LogP contribution in [0.1, 0.15) is 65.7 Å². The van der Waals surface area contributed by atoms with E-state index >= 15 is 0 Å². The van der Waals surface area contributed by atoms with E-state index in [9.17, 15) is 9.59 Å². The van der Waals surface area contributed by atoms with E-state index in [0.717, 1.165) is 18.6 Å². The van der Waals surface area contributed by atoms with Crippen LogP contribution in [0.2, 0.25) is 0 Å². The highest BCUT2D eigenvalue weighted by atomic mass is 16.5. The summed E-state index contributed by atoms with van der Waals surface area (Å²) in [5, 5.41) is 0. The minimum absolute atomic E-state index is 0.236. The summed E-state index contributed by atoms with van der Waals surface area (Å²) in [5.41, 5.74) is 0. The smallest absolute Gasteiger partial charge is 0.331 e. The maximum Gasteiger partial charge on any atom is 0.331 e. The van der Waals surface area contributed by atoms with Gasteiger partial charge in [0.05, 0.1) is 6.61 Å². The molecule has 4 nitrogen and oxygen atoms in total. The quantitative estimate of drug-likeness (QED) is 0.215. The number of carbonyl (C=O) groups excluding carboxylic acids is 2. The van der Waals surface area contributed by atoms with Gasteiger partial charge in [0.1, 0.15) is 6.61 Å². The molecule has 0 heterocycles. The van der Waals surface area contributed by atoms with Crippen LogP contribution in [-0.4, -0.2) is 25.2 Å². The first-order valence-corrected chi connectivity index (χ1v) is 8.72. The Labute approximate surface area is 140 Å². The van der Waals surface area contributed by atoms with Crippen LogP contribution in [0.4, 0.5) is 0 Å². The molecule has 0 saturated carbocycles. The number of ether oxygens (including phenoxy) is 2. The third-order valence-electron chi connectivity index (χ3n) is 3.13. The Morgan fingerprint density at radius 3 is 2.13 bits per heavy atom. The van der Waals surface area contributed by atoms with Gasteiger partial charge in [0.15, 0.2) is 0 Å². The highest BCUT2D eigenvalue weighted by Gasteiger charge is 2.01. The van der Waals surface area contributed by atoms with Crippen LogP contribution < -0.4 is 0 Å². The van der Waals surface area contributed by atoms with Crippen molar-refractivity contribution in [2.24, 2.45) is 5.92 Å². The van der Waals surface area contributed by atoms with Crippen molar-refractivity contribution in [3.05, 3.63) is 24.3 Å². The minimum atomic E-state index is -0.532. The lowest BCUT2D eigenvalue weighted by molar-refractivity contribution is -0.140. The Kier molecular flexibility index (Phi) is 14.3. The van der Waals surface area contributed by atoms with E-state index < -0.39 is 11.9 Å². The van der Waals surface area contributed by atoms with Gasteiger partial charge in [-0.3, -0.25) is 0 Å². The van der Waals surface area contributed by atoms with Crippen LogP contribution >= 0.6 is 0 Å². The van der Waals surface area contributed by atoms with Crippen molar-refractivity contribution in [2.45, 2.75) is 65.7 Å². The standard InChI is InChI=1S/C19H32O4/c1-4-5-6-7-8-9-10-11-12-15-22-18(20)13-14-19(21)23-16-17(2)3/h11-14,17H,4-10,15-16H2,1-3H3/b12-11+,14-13+. The number of hydrogen-bond donors (Lipinski definition) is 0. The van der Waals surface area contributed by atoms with E-state index in [1.807, 2.05) is 26.0 Å². The van der Waals surface area contributed by atoms with Gasteiger partial charge < -0.3 is 9.47 Å². The topological polar surface area (TPSA) is 52.6 Å². The number of rotatable bonds is 13. The number of esters is 2. The van der Waals surface area contributed by atoms with E-state index in [-0.39, 0.29) is 12.5 Å². The lowest BCUT2D eigenvalue weighted by Gasteiger charge is -2.03. The van der Waals surface area contributed by atoms with E-state index in [2.05, 4.69) is 6.92 Å². The molecule has 0 atom stereocenters. The molecule has 0 aromatic heterocycles. The Morgan fingerprint density at radius 2 is 1.48 bits per heavy atom. The average Bonchev–Trinajstić information content (AvgIpc) is 2.52. The van der Waals surface area contributed by atoms with Gasteiger partial charge in [-0.2, -0.15) is 0 Å². The molecule has 4 heteroatoms. The summed E-state index contributed by atoms with van der Waals surface area (Å²) < 4.78 is 9.87. The molecule has 0 radical (unpaired) electrons. The van der Waals surface area contributed by atoms with Crippen molar-refractivity contribution in [3.8, 4) is 0 Å². The van der Waals surface area contributed by atoms with Crippen molar-refractivity contribution in [3.63, 3.8) is 0 Å². The van der Waals surface area contributed by atoms with E-state index in [0.29, 0.717) is 6.61 Å². The Balaban J connectivity index is 3.58.